The normalized spacial score (nSPS) is 10.1. The van der Waals surface area contributed by atoms with Gasteiger partial charge in [0.15, 0.2) is 0 Å². The summed E-state index contributed by atoms with van der Waals surface area (Å²) in [7, 11) is 0. The van der Waals surface area contributed by atoms with Gasteiger partial charge in [-0.05, 0) is 18.6 Å². The highest BCUT2D eigenvalue weighted by atomic mass is 16.2. The Morgan fingerprint density at radius 1 is 0.826 bits per heavy atom. The summed E-state index contributed by atoms with van der Waals surface area (Å²) in [4.78, 5) is 23.2. The molecule has 0 fully saturated rings. The minimum absolute atomic E-state index is 0.154. The zero-order chi connectivity index (χ0) is 16.8. The molecule has 0 aliphatic carbocycles. The van der Waals surface area contributed by atoms with Gasteiger partial charge in [-0.25, -0.2) is 10.2 Å². The second-order valence-corrected chi connectivity index (χ2v) is 5.72. The van der Waals surface area contributed by atoms with Gasteiger partial charge < -0.3 is 5.32 Å². The molecule has 0 aromatic heterocycles. The topological polar surface area (TPSA) is 70.2 Å². The number of hydrogen-bond acceptors (Lipinski definition) is 2. The Morgan fingerprint density at radius 2 is 1.43 bits per heavy atom. The summed E-state index contributed by atoms with van der Waals surface area (Å²) in [6.45, 7) is 2.22. The monoisotopic (exact) mass is 319 g/mol. The highest BCUT2D eigenvalue weighted by molar-refractivity contribution is 5.90. The fraction of sp³-hybridized carbons (Fsp3) is 0.556. The summed E-state index contributed by atoms with van der Waals surface area (Å²) in [6.07, 6.45) is 10.00. The minimum Gasteiger partial charge on any atom is -0.307 e. The van der Waals surface area contributed by atoms with Crippen molar-refractivity contribution in [2.24, 2.45) is 0 Å². The quantitative estimate of drug-likeness (QED) is 0.443. The maximum absolute atomic E-state index is 11.6. The lowest BCUT2D eigenvalue weighted by Crippen LogP contribution is -2.43. The highest BCUT2D eigenvalue weighted by Crippen LogP contribution is 2.09. The molecule has 1 aromatic rings. The van der Waals surface area contributed by atoms with Crippen molar-refractivity contribution in [1.29, 1.82) is 0 Å². The fourth-order valence-electron chi connectivity index (χ4n) is 2.29. The van der Waals surface area contributed by atoms with Crippen LogP contribution >= 0.6 is 0 Å². The molecule has 3 N–H and O–H groups in total. The summed E-state index contributed by atoms with van der Waals surface area (Å²) in [5.41, 5.74) is 5.46. The minimum atomic E-state index is -0.444. The van der Waals surface area contributed by atoms with Crippen LogP contribution in [0, 0.1) is 0 Å². The van der Waals surface area contributed by atoms with Crippen LogP contribution in [0.4, 0.5) is 10.5 Å². The van der Waals surface area contributed by atoms with Gasteiger partial charge in [0.05, 0.1) is 0 Å². The molecule has 5 nitrogen and oxygen atoms in total. The van der Waals surface area contributed by atoms with Crippen LogP contribution in [0.3, 0.4) is 0 Å². The van der Waals surface area contributed by atoms with E-state index >= 15 is 0 Å². The second-order valence-electron chi connectivity index (χ2n) is 5.72. The van der Waals surface area contributed by atoms with Gasteiger partial charge in [0.1, 0.15) is 0 Å². The third-order valence-corrected chi connectivity index (χ3v) is 3.60. The van der Waals surface area contributed by atoms with E-state index in [-0.39, 0.29) is 5.91 Å². The molecule has 1 aromatic carbocycles. The lowest BCUT2D eigenvalue weighted by atomic mass is 10.1. The Balaban J connectivity index is 1.98. The van der Waals surface area contributed by atoms with E-state index in [1.807, 2.05) is 18.2 Å². The summed E-state index contributed by atoms with van der Waals surface area (Å²) in [5.74, 6) is -0.154. The molecule has 0 radical (unpaired) electrons. The first-order valence-corrected chi connectivity index (χ1v) is 8.63. The van der Waals surface area contributed by atoms with Crippen LogP contribution in [0.25, 0.3) is 0 Å². The number of rotatable bonds is 10. The lowest BCUT2D eigenvalue weighted by molar-refractivity contribution is -0.121. The van der Waals surface area contributed by atoms with E-state index in [1.54, 1.807) is 12.1 Å². The van der Waals surface area contributed by atoms with Crippen molar-refractivity contribution < 1.29 is 9.59 Å². The van der Waals surface area contributed by atoms with Gasteiger partial charge in [-0.3, -0.25) is 10.2 Å². The van der Waals surface area contributed by atoms with Crippen molar-refractivity contribution in [1.82, 2.24) is 10.9 Å². The molecule has 0 saturated carbocycles. The van der Waals surface area contributed by atoms with Gasteiger partial charge in [-0.15, -0.1) is 0 Å². The third kappa shape index (κ3) is 10.3. The van der Waals surface area contributed by atoms with E-state index in [1.165, 1.54) is 38.5 Å². The van der Waals surface area contributed by atoms with Gasteiger partial charge in [0, 0.05) is 12.1 Å². The smallest absolute Gasteiger partial charge is 0.307 e. The molecule has 23 heavy (non-hydrogen) atoms. The zero-order valence-electron chi connectivity index (χ0n) is 14.1. The largest absolute Gasteiger partial charge is 0.337 e. The van der Waals surface area contributed by atoms with Crippen molar-refractivity contribution in [3.63, 3.8) is 0 Å². The molecule has 0 saturated heterocycles. The van der Waals surface area contributed by atoms with Gasteiger partial charge >= 0.3 is 6.03 Å². The number of anilines is 1. The van der Waals surface area contributed by atoms with E-state index in [4.69, 9.17) is 0 Å². The molecule has 1 rings (SSSR count). The van der Waals surface area contributed by atoms with Crippen LogP contribution in [0.15, 0.2) is 30.3 Å². The van der Waals surface area contributed by atoms with Crippen LogP contribution in [0.1, 0.15) is 64.7 Å². The fourth-order valence-corrected chi connectivity index (χ4v) is 2.29. The number of carbonyl (C=O) groups excluding carboxylic acids is 2. The Bertz CT molecular complexity index is 449. The molecule has 0 unspecified atom stereocenters. The Labute approximate surface area is 139 Å². The SMILES string of the molecule is CCCCCCCCCCC(=O)NNC(=O)Nc1ccccc1. The lowest BCUT2D eigenvalue weighted by Gasteiger charge is -2.08. The standard InChI is InChI=1S/C18H29N3O2/c1-2-3-4-5-6-7-8-12-15-17(22)20-21-18(23)19-16-13-10-9-11-14-16/h9-11,13-14H,2-8,12,15H2,1H3,(H,20,22)(H2,19,21,23). The molecule has 5 heteroatoms. The Hall–Kier alpha value is -2.04. The molecule has 3 amide bonds. The number of nitrogens with one attached hydrogen (secondary N) is 3. The first-order chi connectivity index (χ1) is 11.2. The van der Waals surface area contributed by atoms with Crippen LogP contribution in [0.2, 0.25) is 0 Å². The zero-order valence-corrected chi connectivity index (χ0v) is 14.1. The summed E-state index contributed by atoms with van der Waals surface area (Å²) < 4.78 is 0. The number of carbonyl (C=O) groups is 2. The van der Waals surface area contributed by atoms with Crippen LogP contribution in [-0.4, -0.2) is 11.9 Å². The van der Waals surface area contributed by atoms with E-state index in [2.05, 4.69) is 23.1 Å². The number of urea groups is 1. The van der Waals surface area contributed by atoms with E-state index in [9.17, 15) is 9.59 Å². The number of unbranched alkanes of at least 4 members (excludes halogenated alkanes) is 7. The summed E-state index contributed by atoms with van der Waals surface area (Å²) >= 11 is 0. The molecule has 0 aliphatic rings. The molecule has 0 atom stereocenters. The number of amides is 3. The number of hydrazine groups is 1. The van der Waals surface area contributed by atoms with Crippen LogP contribution in [0.5, 0.6) is 0 Å². The van der Waals surface area contributed by atoms with E-state index < -0.39 is 6.03 Å². The summed E-state index contributed by atoms with van der Waals surface area (Å²) in [6, 6.07) is 8.64. The Morgan fingerprint density at radius 3 is 2.09 bits per heavy atom. The first-order valence-electron chi connectivity index (χ1n) is 8.63. The van der Waals surface area contributed by atoms with Gasteiger partial charge in [-0.2, -0.15) is 0 Å². The van der Waals surface area contributed by atoms with Gasteiger partial charge in [0.25, 0.3) is 0 Å². The maximum atomic E-state index is 11.6. The Kier molecular flexibility index (Phi) is 10.3. The number of hydrogen-bond donors (Lipinski definition) is 3. The molecule has 0 spiro atoms. The predicted octanol–water partition coefficient (Wildman–Crippen LogP) is 4.37. The van der Waals surface area contributed by atoms with Crippen LogP contribution < -0.4 is 16.2 Å². The van der Waals surface area contributed by atoms with Crippen molar-refractivity contribution in [2.45, 2.75) is 64.7 Å². The summed E-state index contributed by atoms with van der Waals surface area (Å²) in [5, 5.41) is 2.63. The predicted molar refractivity (Wildman–Crippen MR) is 94.0 cm³/mol. The van der Waals surface area contributed by atoms with Gasteiger partial charge in [-0.1, -0.05) is 70.1 Å². The molecule has 0 bridgehead atoms. The van der Waals surface area contributed by atoms with Crippen molar-refractivity contribution in [3.05, 3.63) is 30.3 Å². The number of para-hydroxylation sites is 1. The van der Waals surface area contributed by atoms with Crippen LogP contribution in [-0.2, 0) is 4.79 Å². The van der Waals surface area contributed by atoms with Crippen molar-refractivity contribution in [3.8, 4) is 0 Å². The average molecular weight is 319 g/mol. The molecule has 128 valence electrons. The molecular formula is C18H29N3O2. The van der Waals surface area contributed by atoms with E-state index in [0.29, 0.717) is 12.1 Å². The van der Waals surface area contributed by atoms with Gasteiger partial charge in [0.2, 0.25) is 5.91 Å². The third-order valence-electron chi connectivity index (χ3n) is 3.60. The second kappa shape index (κ2) is 12.5. The van der Waals surface area contributed by atoms with Crippen molar-refractivity contribution in [2.75, 3.05) is 5.32 Å². The molecular weight excluding hydrogens is 290 g/mol. The first kappa shape index (κ1) is 19.0. The maximum Gasteiger partial charge on any atom is 0.337 e. The van der Waals surface area contributed by atoms with Crippen molar-refractivity contribution >= 4 is 17.6 Å². The average Bonchev–Trinajstić information content (AvgIpc) is 2.56. The number of benzene rings is 1. The van der Waals surface area contributed by atoms with E-state index in [0.717, 1.165) is 12.8 Å². The molecule has 0 aliphatic heterocycles. The molecule has 0 heterocycles. The highest BCUT2D eigenvalue weighted by Gasteiger charge is 2.04.